The standard InChI is InChI=1S/C16H23FN2O3/c1-2-4-13(18)16(20)19-14-9-11(17)6-7-15(14)22-10-12-5-3-8-21-12/h6-7,9,12-13H,2-5,8,10,18H2,1H3,(H,19,20). The van der Waals surface area contributed by atoms with Crippen molar-refractivity contribution < 1.29 is 18.7 Å². The highest BCUT2D eigenvalue weighted by molar-refractivity contribution is 5.95. The monoisotopic (exact) mass is 310 g/mol. The van der Waals surface area contributed by atoms with Crippen LogP contribution in [0.15, 0.2) is 18.2 Å². The van der Waals surface area contributed by atoms with Crippen molar-refractivity contribution in [3.8, 4) is 5.75 Å². The second kappa shape index (κ2) is 8.10. The van der Waals surface area contributed by atoms with Crippen LogP contribution in [0.2, 0.25) is 0 Å². The third-order valence-corrected chi connectivity index (χ3v) is 3.58. The summed E-state index contributed by atoms with van der Waals surface area (Å²) in [5, 5.41) is 2.64. The fraction of sp³-hybridized carbons (Fsp3) is 0.562. The van der Waals surface area contributed by atoms with E-state index in [4.69, 9.17) is 15.2 Å². The van der Waals surface area contributed by atoms with Gasteiger partial charge in [0.1, 0.15) is 18.2 Å². The van der Waals surface area contributed by atoms with E-state index in [-0.39, 0.29) is 12.0 Å². The highest BCUT2D eigenvalue weighted by atomic mass is 19.1. The highest BCUT2D eigenvalue weighted by Crippen LogP contribution is 2.26. The molecule has 1 aliphatic heterocycles. The summed E-state index contributed by atoms with van der Waals surface area (Å²) in [6.45, 7) is 3.08. The lowest BCUT2D eigenvalue weighted by molar-refractivity contribution is -0.117. The molecule has 1 amide bonds. The molecule has 2 rings (SSSR count). The molecule has 1 aliphatic rings. The summed E-state index contributed by atoms with van der Waals surface area (Å²) in [7, 11) is 0. The maximum absolute atomic E-state index is 13.4. The topological polar surface area (TPSA) is 73.6 Å². The van der Waals surface area contributed by atoms with E-state index >= 15 is 0 Å². The smallest absolute Gasteiger partial charge is 0.241 e. The van der Waals surface area contributed by atoms with Crippen LogP contribution in [0.5, 0.6) is 5.75 Å². The Kier molecular flexibility index (Phi) is 6.15. The van der Waals surface area contributed by atoms with Gasteiger partial charge in [0.15, 0.2) is 0 Å². The average molecular weight is 310 g/mol. The minimum Gasteiger partial charge on any atom is -0.489 e. The molecule has 0 bridgehead atoms. The molecule has 0 radical (unpaired) electrons. The van der Waals surface area contributed by atoms with Crippen LogP contribution in [0.1, 0.15) is 32.6 Å². The van der Waals surface area contributed by atoms with Crippen molar-refractivity contribution in [3.63, 3.8) is 0 Å². The number of anilines is 1. The molecule has 1 aromatic carbocycles. The molecule has 1 fully saturated rings. The Hall–Kier alpha value is -1.66. The summed E-state index contributed by atoms with van der Waals surface area (Å²) in [5.41, 5.74) is 6.07. The number of ether oxygens (including phenoxy) is 2. The van der Waals surface area contributed by atoms with Crippen molar-refractivity contribution in [1.82, 2.24) is 0 Å². The van der Waals surface area contributed by atoms with Crippen LogP contribution in [0.4, 0.5) is 10.1 Å². The molecular weight excluding hydrogens is 287 g/mol. The quantitative estimate of drug-likeness (QED) is 0.811. The zero-order valence-corrected chi connectivity index (χ0v) is 12.8. The van der Waals surface area contributed by atoms with Crippen molar-refractivity contribution in [2.45, 2.75) is 44.8 Å². The first-order valence-electron chi connectivity index (χ1n) is 7.70. The second-order valence-electron chi connectivity index (χ2n) is 5.47. The number of amides is 1. The number of nitrogens with one attached hydrogen (secondary N) is 1. The number of hydrogen-bond acceptors (Lipinski definition) is 4. The van der Waals surface area contributed by atoms with Gasteiger partial charge < -0.3 is 20.5 Å². The number of benzene rings is 1. The summed E-state index contributed by atoms with van der Waals surface area (Å²) in [4.78, 5) is 12.0. The van der Waals surface area contributed by atoms with Gasteiger partial charge in [0.25, 0.3) is 0 Å². The molecule has 0 spiro atoms. The van der Waals surface area contributed by atoms with Crippen LogP contribution < -0.4 is 15.8 Å². The molecule has 22 heavy (non-hydrogen) atoms. The number of nitrogens with two attached hydrogens (primary N) is 1. The largest absolute Gasteiger partial charge is 0.489 e. The number of hydrogen-bond donors (Lipinski definition) is 2. The maximum Gasteiger partial charge on any atom is 0.241 e. The van der Waals surface area contributed by atoms with Gasteiger partial charge in [-0.3, -0.25) is 4.79 Å². The average Bonchev–Trinajstić information content (AvgIpc) is 3.00. The molecule has 6 heteroatoms. The van der Waals surface area contributed by atoms with Crippen molar-refractivity contribution in [2.24, 2.45) is 5.73 Å². The van der Waals surface area contributed by atoms with E-state index in [1.807, 2.05) is 6.92 Å². The first kappa shape index (κ1) is 16.7. The van der Waals surface area contributed by atoms with Gasteiger partial charge in [-0.05, 0) is 31.4 Å². The molecule has 2 unspecified atom stereocenters. The summed E-state index contributed by atoms with van der Waals surface area (Å²) in [6, 6.07) is 3.43. The van der Waals surface area contributed by atoms with Crippen LogP contribution >= 0.6 is 0 Å². The molecule has 0 aliphatic carbocycles. The number of carbonyl (C=O) groups is 1. The lowest BCUT2D eigenvalue weighted by Crippen LogP contribution is -2.35. The first-order chi connectivity index (χ1) is 10.6. The Morgan fingerprint density at radius 3 is 3.09 bits per heavy atom. The van der Waals surface area contributed by atoms with Gasteiger partial charge in [-0.25, -0.2) is 4.39 Å². The van der Waals surface area contributed by atoms with Gasteiger partial charge in [0, 0.05) is 12.7 Å². The normalized spacial score (nSPS) is 19.0. The summed E-state index contributed by atoms with van der Waals surface area (Å²) >= 11 is 0. The van der Waals surface area contributed by atoms with Crippen LogP contribution in [0.3, 0.4) is 0 Å². The Balaban J connectivity index is 2.01. The van der Waals surface area contributed by atoms with Crippen LogP contribution in [-0.2, 0) is 9.53 Å². The summed E-state index contributed by atoms with van der Waals surface area (Å²) < 4.78 is 24.6. The predicted molar refractivity (Wildman–Crippen MR) is 82.4 cm³/mol. The molecule has 0 aromatic heterocycles. The minimum atomic E-state index is -0.612. The summed E-state index contributed by atoms with van der Waals surface area (Å²) in [5.74, 6) is -0.354. The van der Waals surface area contributed by atoms with Crippen LogP contribution in [0.25, 0.3) is 0 Å². The fourth-order valence-corrected chi connectivity index (χ4v) is 2.35. The van der Waals surface area contributed by atoms with Crippen molar-refractivity contribution in [3.05, 3.63) is 24.0 Å². The maximum atomic E-state index is 13.4. The first-order valence-corrected chi connectivity index (χ1v) is 7.70. The molecule has 2 atom stereocenters. The van der Waals surface area contributed by atoms with Crippen LogP contribution in [0, 0.1) is 5.82 Å². The molecule has 1 heterocycles. The number of halogens is 1. The number of rotatable bonds is 7. The van der Waals surface area contributed by atoms with Gasteiger partial charge in [-0.1, -0.05) is 13.3 Å². The third-order valence-electron chi connectivity index (χ3n) is 3.58. The molecule has 1 saturated heterocycles. The SMILES string of the molecule is CCCC(N)C(=O)Nc1cc(F)ccc1OCC1CCCO1. The molecule has 0 saturated carbocycles. The molecule has 1 aromatic rings. The van der Waals surface area contributed by atoms with E-state index in [2.05, 4.69) is 5.32 Å². The Morgan fingerprint density at radius 2 is 2.41 bits per heavy atom. The van der Waals surface area contributed by atoms with Gasteiger partial charge in [-0.15, -0.1) is 0 Å². The summed E-state index contributed by atoms with van der Waals surface area (Å²) in [6.07, 6.45) is 3.40. The van der Waals surface area contributed by atoms with E-state index < -0.39 is 11.9 Å². The van der Waals surface area contributed by atoms with Gasteiger partial charge in [0.2, 0.25) is 5.91 Å². The second-order valence-corrected chi connectivity index (χ2v) is 5.47. The molecule has 122 valence electrons. The Morgan fingerprint density at radius 1 is 1.59 bits per heavy atom. The van der Waals surface area contributed by atoms with Crippen molar-refractivity contribution in [1.29, 1.82) is 0 Å². The van der Waals surface area contributed by atoms with Gasteiger partial charge in [0.05, 0.1) is 17.8 Å². The van der Waals surface area contributed by atoms with E-state index in [9.17, 15) is 9.18 Å². The zero-order valence-electron chi connectivity index (χ0n) is 12.8. The van der Waals surface area contributed by atoms with E-state index in [1.54, 1.807) is 0 Å². The fourth-order valence-electron chi connectivity index (χ4n) is 2.35. The lowest BCUT2D eigenvalue weighted by Gasteiger charge is -2.17. The van der Waals surface area contributed by atoms with Crippen molar-refractivity contribution in [2.75, 3.05) is 18.5 Å². The molecule has 3 N–H and O–H groups in total. The lowest BCUT2D eigenvalue weighted by atomic mass is 10.1. The minimum absolute atomic E-state index is 0.0518. The highest BCUT2D eigenvalue weighted by Gasteiger charge is 2.19. The van der Waals surface area contributed by atoms with Gasteiger partial charge >= 0.3 is 0 Å². The number of carbonyl (C=O) groups excluding carboxylic acids is 1. The van der Waals surface area contributed by atoms with E-state index in [1.165, 1.54) is 18.2 Å². The Labute approximate surface area is 130 Å². The third kappa shape index (κ3) is 4.68. The molecular formula is C16H23FN2O3. The zero-order chi connectivity index (χ0) is 15.9. The Bertz CT molecular complexity index is 504. The van der Waals surface area contributed by atoms with Crippen molar-refractivity contribution >= 4 is 11.6 Å². The predicted octanol–water partition coefficient (Wildman–Crippen LogP) is 2.45. The van der Waals surface area contributed by atoms with Gasteiger partial charge in [-0.2, -0.15) is 0 Å². The van der Waals surface area contributed by atoms with Crippen LogP contribution in [-0.4, -0.2) is 31.3 Å². The van der Waals surface area contributed by atoms with E-state index in [0.29, 0.717) is 24.5 Å². The molecule has 5 nitrogen and oxygen atoms in total. The van der Waals surface area contributed by atoms with E-state index in [0.717, 1.165) is 25.9 Å².